The first-order valence-electron chi connectivity index (χ1n) is 11.1. The second-order valence-corrected chi connectivity index (χ2v) is 9.78. The highest BCUT2D eigenvalue weighted by molar-refractivity contribution is 7.92. The van der Waals surface area contributed by atoms with E-state index in [1.165, 1.54) is 50.4 Å². The third kappa shape index (κ3) is 5.78. The van der Waals surface area contributed by atoms with Crippen LogP contribution in [-0.2, 0) is 14.8 Å². The quantitative estimate of drug-likeness (QED) is 0.180. The van der Waals surface area contributed by atoms with Crippen LogP contribution in [0.3, 0.4) is 0 Å². The van der Waals surface area contributed by atoms with Crippen molar-refractivity contribution in [1.82, 2.24) is 10.2 Å². The number of sulfonamides is 1. The predicted octanol–water partition coefficient (Wildman–Crippen LogP) is 4.68. The molecule has 196 valence electrons. The normalized spacial score (nSPS) is 12.0. The van der Waals surface area contributed by atoms with Gasteiger partial charge in [-0.2, -0.15) is 0 Å². The second kappa shape index (κ2) is 10.7. The van der Waals surface area contributed by atoms with Crippen LogP contribution in [0, 0.1) is 17.0 Å². The Morgan fingerprint density at radius 2 is 1.74 bits per heavy atom. The van der Waals surface area contributed by atoms with Gasteiger partial charge in [-0.1, -0.05) is 17.7 Å². The number of anilines is 1. The number of nitrogens with one attached hydrogen (secondary N) is 1. The molecule has 0 aliphatic heterocycles. The van der Waals surface area contributed by atoms with Gasteiger partial charge in [0.1, 0.15) is 10.6 Å². The third-order valence-corrected chi connectivity index (χ3v) is 6.79. The number of nitro groups is 1. The smallest absolute Gasteiger partial charge is 0.338 e. The molecule has 1 aromatic heterocycles. The number of aryl methyl sites for hydroxylation is 1. The fraction of sp³-hybridized carbons (Fsp3) is 0.160. The zero-order chi connectivity index (χ0) is 27.4. The first-order valence-corrected chi connectivity index (χ1v) is 12.6. The third-order valence-electron chi connectivity index (χ3n) is 5.39. The van der Waals surface area contributed by atoms with E-state index in [1.54, 1.807) is 24.3 Å². The van der Waals surface area contributed by atoms with Crippen molar-refractivity contribution >= 4 is 27.4 Å². The minimum absolute atomic E-state index is 0.0194. The first-order chi connectivity index (χ1) is 18.1. The van der Waals surface area contributed by atoms with E-state index in [0.717, 1.165) is 11.6 Å². The van der Waals surface area contributed by atoms with Crippen molar-refractivity contribution in [3.63, 3.8) is 0 Å². The van der Waals surface area contributed by atoms with E-state index in [-0.39, 0.29) is 33.7 Å². The van der Waals surface area contributed by atoms with Crippen LogP contribution in [0.1, 0.15) is 34.8 Å². The molecule has 1 N–H and O–H groups in total. The van der Waals surface area contributed by atoms with Crippen LogP contribution >= 0.6 is 0 Å². The van der Waals surface area contributed by atoms with E-state index in [9.17, 15) is 23.3 Å². The summed E-state index contributed by atoms with van der Waals surface area (Å²) in [5, 5.41) is 18.6. The maximum absolute atomic E-state index is 13.1. The number of non-ortho nitro benzene ring substituents is 1. The lowest BCUT2D eigenvalue weighted by molar-refractivity contribution is -0.384. The number of rotatable bonds is 9. The van der Waals surface area contributed by atoms with Crippen molar-refractivity contribution < 1.29 is 32.0 Å². The summed E-state index contributed by atoms with van der Waals surface area (Å²) >= 11 is 0. The number of methoxy groups -OCH3 is 1. The molecule has 1 heterocycles. The zero-order valence-electron chi connectivity index (χ0n) is 20.4. The molecule has 0 saturated carbocycles. The molecular formula is C25H22N4O8S. The first kappa shape index (κ1) is 26.3. The van der Waals surface area contributed by atoms with Crippen LogP contribution in [0.2, 0.25) is 0 Å². The van der Waals surface area contributed by atoms with Crippen molar-refractivity contribution in [3.8, 4) is 17.2 Å². The highest BCUT2D eigenvalue weighted by Gasteiger charge is 2.25. The molecule has 0 bridgehead atoms. The minimum Gasteiger partial charge on any atom is -0.495 e. The molecule has 0 spiro atoms. The van der Waals surface area contributed by atoms with Gasteiger partial charge < -0.3 is 13.9 Å². The second-order valence-electron chi connectivity index (χ2n) is 8.13. The van der Waals surface area contributed by atoms with Crippen LogP contribution in [0.4, 0.5) is 11.4 Å². The zero-order valence-corrected chi connectivity index (χ0v) is 21.3. The molecule has 0 radical (unpaired) electrons. The number of carbonyl (C=O) groups is 1. The molecule has 1 unspecified atom stereocenters. The van der Waals surface area contributed by atoms with Gasteiger partial charge in [0, 0.05) is 23.4 Å². The van der Waals surface area contributed by atoms with Crippen molar-refractivity contribution in [2.75, 3.05) is 11.8 Å². The van der Waals surface area contributed by atoms with Gasteiger partial charge >= 0.3 is 5.97 Å². The van der Waals surface area contributed by atoms with Crippen molar-refractivity contribution in [2.45, 2.75) is 24.8 Å². The van der Waals surface area contributed by atoms with E-state index < -0.39 is 27.0 Å². The molecule has 0 fully saturated rings. The average molecular weight is 539 g/mol. The molecule has 0 aliphatic rings. The van der Waals surface area contributed by atoms with Crippen LogP contribution in [0.15, 0.2) is 76.0 Å². The number of hydrogen-bond acceptors (Lipinski definition) is 10. The number of nitro benzene ring substituents is 1. The lowest BCUT2D eigenvalue weighted by Gasteiger charge is -2.14. The molecule has 1 atom stereocenters. The van der Waals surface area contributed by atoms with E-state index in [1.807, 2.05) is 6.92 Å². The Hall–Kier alpha value is -4.78. The Labute approximate surface area is 217 Å². The summed E-state index contributed by atoms with van der Waals surface area (Å²) in [7, 11) is -2.79. The Balaban J connectivity index is 1.51. The van der Waals surface area contributed by atoms with Crippen LogP contribution in [0.5, 0.6) is 5.75 Å². The number of aromatic nitrogens is 2. The van der Waals surface area contributed by atoms with Gasteiger partial charge in [-0.05, 0) is 56.3 Å². The van der Waals surface area contributed by atoms with E-state index in [2.05, 4.69) is 14.9 Å². The Morgan fingerprint density at radius 3 is 2.37 bits per heavy atom. The summed E-state index contributed by atoms with van der Waals surface area (Å²) < 4.78 is 44.8. The van der Waals surface area contributed by atoms with E-state index in [0.29, 0.717) is 11.3 Å². The molecule has 13 heteroatoms. The largest absolute Gasteiger partial charge is 0.495 e. The van der Waals surface area contributed by atoms with Crippen LogP contribution in [0.25, 0.3) is 11.5 Å². The summed E-state index contributed by atoms with van der Waals surface area (Å²) in [6, 6.07) is 16.1. The maximum Gasteiger partial charge on any atom is 0.338 e. The molecule has 38 heavy (non-hydrogen) atoms. The van der Waals surface area contributed by atoms with Crippen molar-refractivity contribution in [1.29, 1.82) is 0 Å². The highest BCUT2D eigenvalue weighted by atomic mass is 32.2. The summed E-state index contributed by atoms with van der Waals surface area (Å²) in [6.45, 7) is 3.38. The minimum atomic E-state index is -4.11. The number of carbonyl (C=O) groups excluding carboxylic acids is 1. The highest BCUT2D eigenvalue weighted by Crippen LogP contribution is 2.29. The van der Waals surface area contributed by atoms with Crippen molar-refractivity contribution in [2.24, 2.45) is 0 Å². The summed E-state index contributed by atoms with van der Waals surface area (Å²) in [5.41, 5.74) is 1.62. The SMILES string of the molecule is COc1ccc(C(=O)OC(C)c2nnc(-c3ccc([N+](=O)[O-])cc3)o2)cc1S(=O)(=O)Nc1ccc(C)cc1. The Bertz CT molecular complexity index is 1580. The molecule has 0 aliphatic carbocycles. The predicted molar refractivity (Wildman–Crippen MR) is 135 cm³/mol. The van der Waals surface area contributed by atoms with E-state index in [4.69, 9.17) is 13.9 Å². The monoisotopic (exact) mass is 538 g/mol. The number of hydrogen-bond donors (Lipinski definition) is 1. The molecule has 12 nitrogen and oxygen atoms in total. The average Bonchev–Trinajstić information content (AvgIpc) is 3.40. The molecule has 4 aromatic rings. The molecular weight excluding hydrogens is 516 g/mol. The summed E-state index contributed by atoms with van der Waals surface area (Å²) in [4.78, 5) is 22.9. The lowest BCUT2D eigenvalue weighted by Crippen LogP contribution is -2.16. The van der Waals surface area contributed by atoms with Gasteiger partial charge in [-0.25, -0.2) is 13.2 Å². The standard InChI is InChI=1S/C25H22N4O8S/c1-15-4-9-19(10-5-15)28-38(33,34)22-14-18(8-13-21(22)35-3)25(30)36-16(2)23-26-27-24(37-23)17-6-11-20(12-7-17)29(31)32/h4-14,16,28H,1-3H3. The molecule has 0 saturated heterocycles. The Morgan fingerprint density at radius 1 is 1.05 bits per heavy atom. The van der Waals surface area contributed by atoms with Gasteiger partial charge in [-0.15, -0.1) is 10.2 Å². The summed E-state index contributed by atoms with van der Waals surface area (Å²) in [6.07, 6.45) is -0.977. The van der Waals surface area contributed by atoms with Crippen LogP contribution in [-0.4, -0.2) is 36.6 Å². The molecule has 0 amide bonds. The topological polar surface area (TPSA) is 164 Å². The fourth-order valence-electron chi connectivity index (χ4n) is 3.37. The van der Waals surface area contributed by atoms with Crippen LogP contribution < -0.4 is 9.46 Å². The molecule has 3 aromatic carbocycles. The lowest BCUT2D eigenvalue weighted by atomic mass is 10.2. The number of ether oxygens (including phenoxy) is 2. The van der Waals surface area contributed by atoms with E-state index >= 15 is 0 Å². The number of esters is 1. The summed E-state index contributed by atoms with van der Waals surface area (Å²) in [5.74, 6) is -0.729. The maximum atomic E-state index is 13.1. The fourth-order valence-corrected chi connectivity index (χ4v) is 4.62. The van der Waals surface area contributed by atoms with Gasteiger partial charge in [0.25, 0.3) is 21.6 Å². The van der Waals surface area contributed by atoms with Gasteiger partial charge in [0.15, 0.2) is 6.10 Å². The van der Waals surface area contributed by atoms with Crippen molar-refractivity contribution in [3.05, 3.63) is 93.9 Å². The molecule has 4 rings (SSSR count). The van der Waals surface area contributed by atoms with Gasteiger partial charge in [-0.3, -0.25) is 14.8 Å². The number of benzene rings is 3. The number of nitrogens with zero attached hydrogens (tertiary/aromatic N) is 3. The van der Waals surface area contributed by atoms with Gasteiger partial charge in [0.2, 0.25) is 5.89 Å². The Kier molecular flexibility index (Phi) is 7.39. The van der Waals surface area contributed by atoms with Gasteiger partial charge in [0.05, 0.1) is 17.6 Å².